The van der Waals surface area contributed by atoms with Gasteiger partial charge >= 0.3 is 0 Å². The molecule has 0 aromatic heterocycles. The van der Waals surface area contributed by atoms with Crippen LogP contribution in [0.4, 0.5) is 4.39 Å². The standard InChI is InChI=1S/C41H50ClFN4/c1-31(41(16-21-45)19-24-47(30-38(41)43)28-32-11-7-5-8-12-32)25-34-26-36(33-13-9-6-10-14-33)37(42)27-35(34)29-46-22-17-40(15-20-44,18-23-46)39(2,3)4/h5-14,26-27,31,38H,15-19,22-25,28-30H2,1-4H3/t31?,38-,41+/m0/s1. The van der Waals surface area contributed by atoms with Crippen LogP contribution in [0, 0.1) is 44.8 Å². The second-order valence-corrected chi connectivity index (χ2v) is 15.6. The first kappa shape index (κ1) is 35.1. The molecule has 2 aliphatic rings. The SMILES string of the molecule is CC(Cc1cc(-c2ccccc2)c(Cl)cc1CN1CCC(CC#N)(C(C)(C)C)CC1)[C@@]1(CC#N)CCN(Cc2ccccc2)C[C@@H]1F. The van der Waals surface area contributed by atoms with E-state index in [1.165, 1.54) is 16.7 Å². The highest BCUT2D eigenvalue weighted by Crippen LogP contribution is 2.50. The van der Waals surface area contributed by atoms with Gasteiger partial charge < -0.3 is 0 Å². The third kappa shape index (κ3) is 7.76. The van der Waals surface area contributed by atoms with Crippen molar-refractivity contribution in [1.82, 2.24) is 9.80 Å². The molecule has 3 aromatic carbocycles. The van der Waals surface area contributed by atoms with E-state index in [1.807, 2.05) is 36.4 Å². The first-order valence-corrected chi connectivity index (χ1v) is 17.6. The van der Waals surface area contributed by atoms with E-state index in [0.717, 1.165) is 61.7 Å². The fraction of sp³-hybridized carbons (Fsp3) is 0.512. The molecule has 5 rings (SSSR count). The number of hydrogen-bond acceptors (Lipinski definition) is 4. The molecule has 6 heteroatoms. The van der Waals surface area contributed by atoms with Gasteiger partial charge in [0.05, 0.1) is 12.1 Å². The Morgan fingerprint density at radius 1 is 0.851 bits per heavy atom. The minimum atomic E-state index is -1.09. The summed E-state index contributed by atoms with van der Waals surface area (Å²) < 4.78 is 16.5. The summed E-state index contributed by atoms with van der Waals surface area (Å²) in [4.78, 5) is 4.69. The molecule has 0 spiro atoms. The van der Waals surface area contributed by atoms with E-state index < -0.39 is 11.6 Å². The minimum absolute atomic E-state index is 0.0135. The van der Waals surface area contributed by atoms with Gasteiger partial charge in [0.1, 0.15) is 6.17 Å². The number of nitrogens with zero attached hydrogens (tertiary/aromatic N) is 4. The molecule has 0 radical (unpaired) electrons. The lowest BCUT2D eigenvalue weighted by molar-refractivity contribution is -0.0304. The fourth-order valence-electron chi connectivity index (χ4n) is 8.18. The van der Waals surface area contributed by atoms with Crippen molar-refractivity contribution >= 4 is 11.6 Å². The van der Waals surface area contributed by atoms with Crippen LogP contribution in [-0.2, 0) is 19.5 Å². The van der Waals surface area contributed by atoms with Gasteiger partial charge in [-0.1, -0.05) is 100.0 Å². The maximum absolute atomic E-state index is 16.5. The molecule has 0 N–H and O–H groups in total. The normalized spacial score (nSPS) is 22.7. The van der Waals surface area contributed by atoms with E-state index in [-0.39, 0.29) is 23.2 Å². The average Bonchev–Trinajstić information content (AvgIpc) is 3.05. The van der Waals surface area contributed by atoms with Gasteiger partial charge in [0.25, 0.3) is 0 Å². The molecule has 2 saturated heterocycles. The van der Waals surface area contributed by atoms with Crippen LogP contribution in [-0.4, -0.2) is 42.2 Å². The van der Waals surface area contributed by atoms with Gasteiger partial charge in [-0.15, -0.1) is 0 Å². The number of alkyl halides is 1. The van der Waals surface area contributed by atoms with Crippen molar-refractivity contribution in [3.8, 4) is 23.3 Å². The molecule has 2 fully saturated rings. The molecule has 3 atom stereocenters. The number of benzene rings is 3. The number of halogens is 2. The lowest BCUT2D eigenvalue weighted by Crippen LogP contribution is -2.52. The van der Waals surface area contributed by atoms with Crippen molar-refractivity contribution in [2.75, 3.05) is 26.2 Å². The topological polar surface area (TPSA) is 54.1 Å². The van der Waals surface area contributed by atoms with Crippen molar-refractivity contribution in [2.24, 2.45) is 22.2 Å². The lowest BCUT2D eigenvalue weighted by atomic mass is 9.60. The Balaban J connectivity index is 1.40. The van der Waals surface area contributed by atoms with E-state index in [9.17, 15) is 10.5 Å². The summed E-state index contributed by atoms with van der Waals surface area (Å²) in [6.45, 7) is 13.4. The predicted molar refractivity (Wildman–Crippen MR) is 190 cm³/mol. The Labute approximate surface area is 287 Å². The summed E-state index contributed by atoms with van der Waals surface area (Å²) in [6.07, 6.45) is 3.01. The molecule has 0 saturated carbocycles. The van der Waals surface area contributed by atoms with E-state index in [4.69, 9.17) is 11.6 Å². The third-order valence-corrected chi connectivity index (χ3v) is 12.0. The zero-order valence-electron chi connectivity index (χ0n) is 28.6. The van der Waals surface area contributed by atoms with Gasteiger partial charge in [-0.25, -0.2) is 4.39 Å². The smallest absolute Gasteiger partial charge is 0.120 e. The van der Waals surface area contributed by atoms with E-state index in [2.05, 4.69) is 86.0 Å². The Bertz CT molecular complexity index is 1560. The quantitative estimate of drug-likeness (QED) is 0.219. The molecule has 3 aromatic rings. The molecule has 1 unspecified atom stereocenters. The molecule has 248 valence electrons. The van der Waals surface area contributed by atoms with Crippen molar-refractivity contribution in [3.05, 3.63) is 94.5 Å². The summed E-state index contributed by atoms with van der Waals surface area (Å²) in [5, 5.41) is 20.4. The number of nitriles is 2. The second kappa shape index (κ2) is 14.9. The highest BCUT2D eigenvalue weighted by molar-refractivity contribution is 6.33. The van der Waals surface area contributed by atoms with Crippen LogP contribution < -0.4 is 0 Å². The highest BCUT2D eigenvalue weighted by atomic mass is 35.5. The predicted octanol–water partition coefficient (Wildman–Crippen LogP) is 9.87. The van der Waals surface area contributed by atoms with Gasteiger partial charge in [0.2, 0.25) is 0 Å². The Morgan fingerprint density at radius 3 is 2.06 bits per heavy atom. The molecule has 0 bridgehead atoms. The van der Waals surface area contributed by atoms with Crippen molar-refractivity contribution in [2.45, 2.75) is 85.5 Å². The Kier molecular flexibility index (Phi) is 11.1. The fourth-order valence-corrected chi connectivity index (χ4v) is 8.47. The minimum Gasteiger partial charge on any atom is -0.299 e. The van der Waals surface area contributed by atoms with Gasteiger partial charge in [-0.2, -0.15) is 10.5 Å². The van der Waals surface area contributed by atoms with Crippen LogP contribution in [0.25, 0.3) is 11.1 Å². The molecule has 0 aliphatic carbocycles. The van der Waals surface area contributed by atoms with Crippen molar-refractivity contribution in [3.63, 3.8) is 0 Å². The van der Waals surface area contributed by atoms with E-state index in [0.29, 0.717) is 25.8 Å². The van der Waals surface area contributed by atoms with Crippen LogP contribution in [0.3, 0.4) is 0 Å². The Morgan fingerprint density at radius 2 is 1.47 bits per heavy atom. The van der Waals surface area contributed by atoms with Crippen LogP contribution in [0.2, 0.25) is 5.02 Å². The zero-order chi connectivity index (χ0) is 33.7. The van der Waals surface area contributed by atoms with Crippen LogP contribution in [0.1, 0.15) is 76.5 Å². The van der Waals surface area contributed by atoms with Gasteiger partial charge in [0, 0.05) is 48.5 Å². The number of hydrogen-bond donors (Lipinski definition) is 0. The van der Waals surface area contributed by atoms with Gasteiger partial charge in [-0.05, 0) is 96.5 Å². The monoisotopic (exact) mass is 652 g/mol. The van der Waals surface area contributed by atoms with Crippen molar-refractivity contribution < 1.29 is 4.39 Å². The molecule has 4 nitrogen and oxygen atoms in total. The van der Waals surface area contributed by atoms with Crippen LogP contribution >= 0.6 is 11.6 Å². The van der Waals surface area contributed by atoms with Gasteiger partial charge in [0.15, 0.2) is 0 Å². The molecule has 0 amide bonds. The lowest BCUT2D eigenvalue weighted by Gasteiger charge is -2.49. The maximum atomic E-state index is 16.5. The number of rotatable bonds is 10. The molecular weight excluding hydrogens is 603 g/mol. The largest absolute Gasteiger partial charge is 0.299 e. The van der Waals surface area contributed by atoms with Crippen LogP contribution in [0.5, 0.6) is 0 Å². The molecular formula is C41H50ClFN4. The average molecular weight is 653 g/mol. The highest BCUT2D eigenvalue weighted by Gasteiger charge is 2.48. The first-order valence-electron chi connectivity index (χ1n) is 17.2. The summed E-state index contributed by atoms with van der Waals surface area (Å²) >= 11 is 7.00. The summed E-state index contributed by atoms with van der Waals surface area (Å²) in [5.74, 6) is -0.0369. The molecule has 2 heterocycles. The van der Waals surface area contributed by atoms with Gasteiger partial charge in [-0.3, -0.25) is 9.80 Å². The maximum Gasteiger partial charge on any atom is 0.120 e. The second-order valence-electron chi connectivity index (χ2n) is 15.2. The molecule has 2 aliphatic heterocycles. The van der Waals surface area contributed by atoms with E-state index >= 15 is 4.39 Å². The zero-order valence-corrected chi connectivity index (χ0v) is 29.4. The van der Waals surface area contributed by atoms with Crippen LogP contribution in [0.15, 0.2) is 72.8 Å². The summed E-state index contributed by atoms with van der Waals surface area (Å²) in [5.41, 5.74) is 4.96. The number of piperidine rings is 2. The Hall–Kier alpha value is -3.22. The first-order chi connectivity index (χ1) is 22.5. The van der Waals surface area contributed by atoms with Crippen molar-refractivity contribution in [1.29, 1.82) is 10.5 Å². The molecule has 47 heavy (non-hydrogen) atoms. The number of likely N-dealkylation sites (tertiary alicyclic amines) is 2. The summed E-state index contributed by atoms with van der Waals surface area (Å²) in [6, 6.07) is 29.7. The third-order valence-electron chi connectivity index (χ3n) is 11.7. The van der Waals surface area contributed by atoms with E-state index in [1.54, 1.807) is 0 Å². The summed E-state index contributed by atoms with van der Waals surface area (Å²) in [7, 11) is 0.